The van der Waals surface area contributed by atoms with E-state index in [4.69, 9.17) is 21.7 Å². The summed E-state index contributed by atoms with van der Waals surface area (Å²) in [6.07, 6.45) is 0. The predicted molar refractivity (Wildman–Crippen MR) is 93.7 cm³/mol. The second-order valence-electron chi connectivity index (χ2n) is 5.95. The Labute approximate surface area is 138 Å². The molecule has 1 saturated heterocycles. The van der Waals surface area contributed by atoms with Gasteiger partial charge in [0.15, 0.2) is 5.11 Å². The molecule has 0 radical (unpaired) electrons. The van der Waals surface area contributed by atoms with Gasteiger partial charge in [-0.05, 0) is 38.2 Å². The van der Waals surface area contributed by atoms with E-state index in [0.29, 0.717) is 5.11 Å². The van der Waals surface area contributed by atoms with Gasteiger partial charge < -0.3 is 20.1 Å². The van der Waals surface area contributed by atoms with E-state index in [1.807, 2.05) is 24.3 Å². The molecule has 0 saturated carbocycles. The molecule has 1 aliphatic heterocycles. The van der Waals surface area contributed by atoms with E-state index < -0.39 is 0 Å². The first kappa shape index (κ1) is 17.0. The SMILES string of the molecule is COc1cccc(NC(=S)NCC(C)(C)N2CCOCC2)c1. The maximum absolute atomic E-state index is 5.41. The van der Waals surface area contributed by atoms with Crippen LogP contribution in [0.2, 0.25) is 0 Å². The molecule has 0 aliphatic carbocycles. The molecule has 2 N–H and O–H groups in total. The first-order valence-electron chi connectivity index (χ1n) is 7.53. The summed E-state index contributed by atoms with van der Waals surface area (Å²) in [6.45, 7) is 8.75. The van der Waals surface area contributed by atoms with Gasteiger partial charge in [-0.15, -0.1) is 0 Å². The minimum absolute atomic E-state index is 0.0316. The van der Waals surface area contributed by atoms with Crippen LogP contribution in [0.15, 0.2) is 24.3 Å². The van der Waals surface area contributed by atoms with Crippen molar-refractivity contribution in [3.05, 3.63) is 24.3 Å². The minimum Gasteiger partial charge on any atom is -0.497 e. The Balaban J connectivity index is 1.83. The number of nitrogens with zero attached hydrogens (tertiary/aromatic N) is 1. The topological polar surface area (TPSA) is 45.8 Å². The third kappa shape index (κ3) is 4.83. The summed E-state index contributed by atoms with van der Waals surface area (Å²) in [5, 5.41) is 7.11. The van der Waals surface area contributed by atoms with Crippen LogP contribution in [0, 0.1) is 0 Å². The van der Waals surface area contributed by atoms with Crippen molar-refractivity contribution in [1.82, 2.24) is 10.2 Å². The van der Waals surface area contributed by atoms with E-state index >= 15 is 0 Å². The molecule has 5 nitrogen and oxygen atoms in total. The van der Waals surface area contributed by atoms with Crippen LogP contribution in [0.25, 0.3) is 0 Å². The zero-order valence-electron chi connectivity index (χ0n) is 13.5. The molecule has 0 aromatic heterocycles. The molecule has 1 fully saturated rings. The molecule has 122 valence electrons. The molecule has 1 aromatic carbocycles. The Morgan fingerprint density at radius 1 is 1.36 bits per heavy atom. The molecule has 22 heavy (non-hydrogen) atoms. The van der Waals surface area contributed by atoms with Crippen molar-refractivity contribution in [3.8, 4) is 5.75 Å². The van der Waals surface area contributed by atoms with E-state index in [0.717, 1.165) is 44.3 Å². The molecule has 6 heteroatoms. The van der Waals surface area contributed by atoms with Gasteiger partial charge in [0.25, 0.3) is 0 Å². The lowest BCUT2D eigenvalue weighted by Crippen LogP contribution is -2.55. The summed E-state index contributed by atoms with van der Waals surface area (Å²) in [4.78, 5) is 2.43. The molecular weight excluding hydrogens is 298 g/mol. The molecule has 0 amide bonds. The number of anilines is 1. The predicted octanol–water partition coefficient (Wildman–Crippen LogP) is 2.09. The van der Waals surface area contributed by atoms with Crippen molar-refractivity contribution in [2.45, 2.75) is 19.4 Å². The lowest BCUT2D eigenvalue weighted by Gasteiger charge is -2.41. The van der Waals surface area contributed by atoms with Gasteiger partial charge in [0, 0.05) is 36.9 Å². The summed E-state index contributed by atoms with van der Waals surface area (Å²) in [6, 6.07) is 7.72. The number of ether oxygens (including phenoxy) is 2. The number of nitrogens with one attached hydrogen (secondary N) is 2. The molecule has 2 rings (SSSR count). The third-order valence-electron chi connectivity index (χ3n) is 3.88. The van der Waals surface area contributed by atoms with E-state index in [-0.39, 0.29) is 5.54 Å². The van der Waals surface area contributed by atoms with Crippen molar-refractivity contribution in [2.24, 2.45) is 0 Å². The van der Waals surface area contributed by atoms with Crippen molar-refractivity contribution in [1.29, 1.82) is 0 Å². The second-order valence-corrected chi connectivity index (χ2v) is 6.36. The molecule has 0 atom stereocenters. The van der Waals surface area contributed by atoms with E-state index in [9.17, 15) is 0 Å². The standard InChI is InChI=1S/C16H25N3O2S/c1-16(2,19-7-9-21-10-8-19)12-17-15(22)18-13-5-4-6-14(11-13)20-3/h4-6,11H,7-10,12H2,1-3H3,(H2,17,18,22). The van der Waals surface area contributed by atoms with Gasteiger partial charge in [0.2, 0.25) is 0 Å². The summed E-state index contributed by atoms with van der Waals surface area (Å²) in [7, 11) is 1.65. The van der Waals surface area contributed by atoms with Crippen LogP contribution in [0.1, 0.15) is 13.8 Å². The van der Waals surface area contributed by atoms with Crippen LogP contribution in [0.4, 0.5) is 5.69 Å². The van der Waals surface area contributed by atoms with Crippen molar-refractivity contribution in [3.63, 3.8) is 0 Å². The van der Waals surface area contributed by atoms with E-state index in [2.05, 4.69) is 29.4 Å². The second kappa shape index (κ2) is 7.76. The van der Waals surface area contributed by atoms with Crippen molar-refractivity contribution >= 4 is 23.0 Å². The number of thiocarbonyl (C=S) groups is 1. The Kier molecular flexibility index (Phi) is 5.99. The molecule has 0 spiro atoms. The van der Waals surface area contributed by atoms with Gasteiger partial charge in [-0.25, -0.2) is 0 Å². The number of benzene rings is 1. The Bertz CT molecular complexity index is 502. The van der Waals surface area contributed by atoms with Gasteiger partial charge >= 0.3 is 0 Å². The lowest BCUT2D eigenvalue weighted by atomic mass is 10.0. The molecular formula is C16H25N3O2S. The van der Waals surface area contributed by atoms with Crippen molar-refractivity contribution in [2.75, 3.05) is 45.3 Å². The normalized spacial score (nSPS) is 16.1. The van der Waals surface area contributed by atoms with E-state index in [1.165, 1.54) is 0 Å². The average molecular weight is 323 g/mol. The lowest BCUT2D eigenvalue weighted by molar-refractivity contribution is -0.00823. The highest BCUT2D eigenvalue weighted by Crippen LogP contribution is 2.17. The van der Waals surface area contributed by atoms with Gasteiger partial charge in [-0.3, -0.25) is 4.90 Å². The van der Waals surface area contributed by atoms with E-state index in [1.54, 1.807) is 7.11 Å². The number of morpholine rings is 1. The molecule has 0 bridgehead atoms. The zero-order chi connectivity index (χ0) is 16.0. The van der Waals surface area contributed by atoms with Crippen LogP contribution >= 0.6 is 12.2 Å². The number of hydrogen-bond donors (Lipinski definition) is 2. The van der Waals surface area contributed by atoms with Crippen molar-refractivity contribution < 1.29 is 9.47 Å². The molecule has 0 unspecified atom stereocenters. The maximum Gasteiger partial charge on any atom is 0.170 e. The fourth-order valence-electron chi connectivity index (χ4n) is 2.45. The van der Waals surface area contributed by atoms with Gasteiger partial charge in [0.05, 0.1) is 20.3 Å². The van der Waals surface area contributed by atoms with Gasteiger partial charge in [0.1, 0.15) is 5.75 Å². The van der Waals surface area contributed by atoms with Gasteiger partial charge in [-0.2, -0.15) is 0 Å². The van der Waals surface area contributed by atoms with Gasteiger partial charge in [-0.1, -0.05) is 6.07 Å². The number of rotatable bonds is 5. The maximum atomic E-state index is 5.41. The largest absolute Gasteiger partial charge is 0.497 e. The fourth-order valence-corrected chi connectivity index (χ4v) is 2.64. The monoisotopic (exact) mass is 323 g/mol. The van der Waals surface area contributed by atoms with Crippen LogP contribution in [-0.4, -0.2) is 55.5 Å². The summed E-state index contributed by atoms with van der Waals surface area (Å²) in [5.74, 6) is 0.807. The quantitative estimate of drug-likeness (QED) is 0.809. The summed E-state index contributed by atoms with van der Waals surface area (Å²) >= 11 is 5.38. The minimum atomic E-state index is 0.0316. The molecule has 1 aliphatic rings. The average Bonchev–Trinajstić information content (AvgIpc) is 2.54. The third-order valence-corrected chi connectivity index (χ3v) is 4.12. The Morgan fingerprint density at radius 3 is 2.77 bits per heavy atom. The van der Waals surface area contributed by atoms with Crippen LogP contribution in [0.3, 0.4) is 0 Å². The highest BCUT2D eigenvalue weighted by Gasteiger charge is 2.28. The highest BCUT2D eigenvalue weighted by molar-refractivity contribution is 7.80. The van der Waals surface area contributed by atoms with Crippen LogP contribution in [-0.2, 0) is 4.74 Å². The highest BCUT2D eigenvalue weighted by atomic mass is 32.1. The first-order valence-corrected chi connectivity index (χ1v) is 7.94. The van der Waals surface area contributed by atoms with Crippen LogP contribution in [0.5, 0.6) is 5.75 Å². The number of hydrogen-bond acceptors (Lipinski definition) is 4. The summed E-state index contributed by atoms with van der Waals surface area (Å²) in [5.41, 5.74) is 0.949. The Morgan fingerprint density at radius 2 is 2.09 bits per heavy atom. The number of methoxy groups -OCH3 is 1. The Hall–Kier alpha value is -1.37. The zero-order valence-corrected chi connectivity index (χ0v) is 14.3. The fraction of sp³-hybridized carbons (Fsp3) is 0.562. The summed E-state index contributed by atoms with van der Waals surface area (Å²) < 4.78 is 10.6. The molecule has 1 heterocycles. The van der Waals surface area contributed by atoms with Crippen LogP contribution < -0.4 is 15.4 Å². The smallest absolute Gasteiger partial charge is 0.170 e. The first-order chi connectivity index (χ1) is 10.5. The molecule has 1 aromatic rings.